The summed E-state index contributed by atoms with van der Waals surface area (Å²) < 4.78 is 5.25. The second-order valence-electron chi connectivity index (χ2n) is 3.46. The van der Waals surface area contributed by atoms with Gasteiger partial charge in [0, 0.05) is 5.56 Å². The van der Waals surface area contributed by atoms with Gasteiger partial charge in [-0.25, -0.2) is 5.48 Å². The van der Waals surface area contributed by atoms with Gasteiger partial charge in [-0.15, -0.1) is 0 Å². The zero-order chi connectivity index (χ0) is 12.1. The first-order chi connectivity index (χ1) is 7.67. The number of hydroxylamine groups is 1. The number of rotatable bonds is 4. The van der Waals surface area contributed by atoms with Crippen LogP contribution in [0.4, 0.5) is 0 Å². The lowest BCUT2D eigenvalue weighted by Gasteiger charge is -2.13. The normalized spacial score (nSPS) is 10.0. The number of carbonyl (C=O) groups is 1. The highest BCUT2D eigenvalue weighted by Crippen LogP contribution is 2.25. The molecule has 0 unspecified atom stereocenters. The van der Waals surface area contributed by atoms with Gasteiger partial charge in [0.2, 0.25) is 0 Å². The Morgan fingerprint density at radius 3 is 2.50 bits per heavy atom. The van der Waals surface area contributed by atoms with E-state index in [0.717, 1.165) is 24.0 Å². The SMILES string of the molecule is CCc1cc(C(=O)NO)cc(OC)c1CC. The van der Waals surface area contributed by atoms with Crippen LogP contribution in [0.1, 0.15) is 35.3 Å². The Morgan fingerprint density at radius 2 is 2.06 bits per heavy atom. The van der Waals surface area contributed by atoms with Crippen molar-refractivity contribution in [3.8, 4) is 5.75 Å². The molecule has 0 aliphatic heterocycles. The van der Waals surface area contributed by atoms with Crippen molar-refractivity contribution in [1.82, 2.24) is 5.48 Å². The van der Waals surface area contributed by atoms with E-state index in [2.05, 4.69) is 0 Å². The standard InChI is InChI=1S/C12H17NO3/c1-4-8-6-9(12(14)13-15)7-11(16-3)10(8)5-2/h6-7,15H,4-5H2,1-3H3,(H,13,14). The number of hydrogen-bond donors (Lipinski definition) is 2. The van der Waals surface area contributed by atoms with E-state index in [9.17, 15) is 4.79 Å². The molecule has 4 nitrogen and oxygen atoms in total. The molecular formula is C12H17NO3. The lowest BCUT2D eigenvalue weighted by molar-refractivity contribution is 0.0706. The molecule has 0 aromatic heterocycles. The highest BCUT2D eigenvalue weighted by atomic mass is 16.5. The number of hydrogen-bond acceptors (Lipinski definition) is 3. The first kappa shape index (κ1) is 12.5. The number of benzene rings is 1. The van der Waals surface area contributed by atoms with Crippen LogP contribution in [0.5, 0.6) is 5.75 Å². The summed E-state index contributed by atoms with van der Waals surface area (Å²) in [5, 5.41) is 8.60. The fourth-order valence-corrected chi connectivity index (χ4v) is 1.80. The summed E-state index contributed by atoms with van der Waals surface area (Å²) >= 11 is 0. The second-order valence-corrected chi connectivity index (χ2v) is 3.46. The number of amides is 1. The summed E-state index contributed by atoms with van der Waals surface area (Å²) in [6.45, 7) is 4.07. The van der Waals surface area contributed by atoms with E-state index >= 15 is 0 Å². The minimum Gasteiger partial charge on any atom is -0.496 e. The van der Waals surface area contributed by atoms with Gasteiger partial charge in [0.15, 0.2) is 0 Å². The molecule has 0 saturated heterocycles. The smallest absolute Gasteiger partial charge is 0.274 e. The van der Waals surface area contributed by atoms with Crippen molar-refractivity contribution in [3.05, 3.63) is 28.8 Å². The molecule has 0 heterocycles. The lowest BCUT2D eigenvalue weighted by atomic mass is 9.98. The van der Waals surface area contributed by atoms with Gasteiger partial charge in [-0.2, -0.15) is 0 Å². The Balaban J connectivity index is 3.31. The fourth-order valence-electron chi connectivity index (χ4n) is 1.80. The molecule has 1 aromatic carbocycles. The van der Waals surface area contributed by atoms with E-state index < -0.39 is 5.91 Å². The van der Waals surface area contributed by atoms with Gasteiger partial charge < -0.3 is 4.74 Å². The number of methoxy groups -OCH3 is 1. The van der Waals surface area contributed by atoms with E-state index in [1.807, 2.05) is 13.8 Å². The summed E-state index contributed by atoms with van der Waals surface area (Å²) in [7, 11) is 1.58. The maximum atomic E-state index is 11.3. The Bertz CT molecular complexity index is 363. The molecule has 0 spiro atoms. The predicted octanol–water partition coefficient (Wildman–Crippen LogP) is 1.94. The molecule has 0 saturated carbocycles. The van der Waals surface area contributed by atoms with Crippen molar-refractivity contribution in [2.45, 2.75) is 26.7 Å². The van der Waals surface area contributed by atoms with Gasteiger partial charge in [0.1, 0.15) is 5.75 Å². The fraction of sp³-hybridized carbons (Fsp3) is 0.417. The average molecular weight is 223 g/mol. The minimum absolute atomic E-state index is 0.411. The molecule has 2 N–H and O–H groups in total. The van der Waals surface area contributed by atoms with Gasteiger partial charge in [-0.1, -0.05) is 13.8 Å². The molecule has 0 aliphatic rings. The van der Waals surface area contributed by atoms with Crippen LogP contribution < -0.4 is 10.2 Å². The highest BCUT2D eigenvalue weighted by molar-refractivity contribution is 5.94. The summed E-state index contributed by atoms with van der Waals surface area (Å²) in [4.78, 5) is 11.3. The minimum atomic E-state index is -0.518. The maximum Gasteiger partial charge on any atom is 0.274 e. The van der Waals surface area contributed by atoms with E-state index in [0.29, 0.717) is 11.3 Å². The summed E-state index contributed by atoms with van der Waals surface area (Å²) in [5.41, 5.74) is 4.22. The van der Waals surface area contributed by atoms with Crippen LogP contribution in [0.25, 0.3) is 0 Å². The average Bonchev–Trinajstić information content (AvgIpc) is 2.35. The molecular weight excluding hydrogens is 206 g/mol. The molecule has 1 rings (SSSR count). The molecule has 16 heavy (non-hydrogen) atoms. The Morgan fingerprint density at radius 1 is 1.38 bits per heavy atom. The Kier molecular flexibility index (Phi) is 4.31. The third-order valence-corrected chi connectivity index (χ3v) is 2.62. The molecule has 88 valence electrons. The number of aryl methyl sites for hydroxylation is 1. The molecule has 0 aliphatic carbocycles. The predicted molar refractivity (Wildman–Crippen MR) is 61.0 cm³/mol. The first-order valence-electron chi connectivity index (χ1n) is 5.32. The third-order valence-electron chi connectivity index (χ3n) is 2.62. The van der Waals surface area contributed by atoms with Crippen LogP contribution in [0.3, 0.4) is 0 Å². The van der Waals surface area contributed by atoms with E-state index in [1.165, 1.54) is 0 Å². The van der Waals surface area contributed by atoms with Gasteiger partial charge in [0.05, 0.1) is 7.11 Å². The quantitative estimate of drug-likeness (QED) is 0.605. The summed E-state index contributed by atoms with van der Waals surface area (Å²) in [5.74, 6) is 0.177. The van der Waals surface area contributed by atoms with Crippen molar-refractivity contribution < 1.29 is 14.7 Å². The van der Waals surface area contributed by atoms with Crippen molar-refractivity contribution in [1.29, 1.82) is 0 Å². The Hall–Kier alpha value is -1.55. The van der Waals surface area contributed by atoms with Crippen molar-refractivity contribution in [3.63, 3.8) is 0 Å². The molecule has 1 aromatic rings. The van der Waals surface area contributed by atoms with E-state index in [4.69, 9.17) is 9.94 Å². The number of ether oxygens (including phenoxy) is 1. The van der Waals surface area contributed by atoms with Gasteiger partial charge in [-0.05, 0) is 36.1 Å². The van der Waals surface area contributed by atoms with Crippen LogP contribution in [0, 0.1) is 0 Å². The van der Waals surface area contributed by atoms with Gasteiger partial charge in [0.25, 0.3) is 5.91 Å². The van der Waals surface area contributed by atoms with Crippen LogP contribution in [0.2, 0.25) is 0 Å². The van der Waals surface area contributed by atoms with Crippen molar-refractivity contribution in [2.24, 2.45) is 0 Å². The third kappa shape index (κ3) is 2.33. The maximum absolute atomic E-state index is 11.3. The first-order valence-corrected chi connectivity index (χ1v) is 5.32. The largest absolute Gasteiger partial charge is 0.496 e. The topological polar surface area (TPSA) is 58.6 Å². The lowest BCUT2D eigenvalue weighted by Crippen LogP contribution is -2.19. The molecule has 0 radical (unpaired) electrons. The molecule has 4 heteroatoms. The van der Waals surface area contributed by atoms with Crippen molar-refractivity contribution in [2.75, 3.05) is 7.11 Å². The van der Waals surface area contributed by atoms with Gasteiger partial charge in [-0.3, -0.25) is 10.0 Å². The number of carbonyl (C=O) groups excluding carboxylic acids is 1. The van der Waals surface area contributed by atoms with Crippen molar-refractivity contribution >= 4 is 5.91 Å². The summed E-state index contributed by atoms with van der Waals surface area (Å²) in [6, 6.07) is 3.43. The van der Waals surface area contributed by atoms with E-state index in [1.54, 1.807) is 24.7 Å². The van der Waals surface area contributed by atoms with Crippen LogP contribution in [0.15, 0.2) is 12.1 Å². The second kappa shape index (κ2) is 5.51. The molecule has 1 amide bonds. The van der Waals surface area contributed by atoms with Crippen LogP contribution in [-0.4, -0.2) is 18.2 Å². The Labute approximate surface area is 95.2 Å². The molecule has 0 bridgehead atoms. The number of nitrogens with one attached hydrogen (secondary N) is 1. The zero-order valence-electron chi connectivity index (χ0n) is 9.83. The zero-order valence-corrected chi connectivity index (χ0v) is 9.83. The summed E-state index contributed by atoms with van der Waals surface area (Å²) in [6.07, 6.45) is 1.68. The van der Waals surface area contributed by atoms with Crippen LogP contribution in [-0.2, 0) is 12.8 Å². The highest BCUT2D eigenvalue weighted by Gasteiger charge is 2.12. The molecule has 0 atom stereocenters. The monoisotopic (exact) mass is 223 g/mol. The van der Waals surface area contributed by atoms with Gasteiger partial charge >= 0.3 is 0 Å². The molecule has 0 fully saturated rings. The van der Waals surface area contributed by atoms with Crippen LogP contribution >= 0.6 is 0 Å². The van der Waals surface area contributed by atoms with E-state index in [-0.39, 0.29) is 0 Å².